The molecule has 2 aromatic rings. The molecule has 0 saturated heterocycles. The number of H-pyrrole nitrogens is 1. The summed E-state index contributed by atoms with van der Waals surface area (Å²) >= 11 is 0. The Balaban J connectivity index is 2.72. The van der Waals surface area contributed by atoms with Gasteiger partial charge in [-0.1, -0.05) is 0 Å². The van der Waals surface area contributed by atoms with Crippen molar-refractivity contribution < 1.29 is 19.4 Å². The second kappa shape index (κ2) is 5.53. The van der Waals surface area contributed by atoms with E-state index in [1.165, 1.54) is 26.4 Å². The number of nitrogens with one attached hydrogen (secondary N) is 1. The minimum Gasteiger partial charge on any atom is -0.497 e. The number of carboxylic acid groups (broad SMARTS) is 1. The van der Waals surface area contributed by atoms with Crippen LogP contribution < -0.4 is 20.7 Å². The summed E-state index contributed by atoms with van der Waals surface area (Å²) in [6.07, 6.45) is 0.956. The molecule has 0 aliphatic carbocycles. The van der Waals surface area contributed by atoms with Crippen molar-refractivity contribution in [1.82, 2.24) is 9.55 Å². The molecule has 0 saturated carbocycles. The Morgan fingerprint density at radius 2 is 1.71 bits per heavy atom. The number of ether oxygens (including phenoxy) is 2. The van der Waals surface area contributed by atoms with Gasteiger partial charge in [-0.05, 0) is 0 Å². The van der Waals surface area contributed by atoms with Gasteiger partial charge in [-0.25, -0.2) is 9.59 Å². The Kier molecular flexibility index (Phi) is 3.79. The number of aromatic nitrogens is 2. The molecule has 1 aromatic carbocycles. The molecule has 2 N–H and O–H groups in total. The van der Waals surface area contributed by atoms with Crippen molar-refractivity contribution in [3.8, 4) is 17.2 Å². The Morgan fingerprint density at radius 3 is 2.19 bits per heavy atom. The van der Waals surface area contributed by atoms with Crippen molar-refractivity contribution in [3.05, 3.63) is 50.8 Å². The highest BCUT2D eigenvalue weighted by atomic mass is 16.5. The van der Waals surface area contributed by atoms with Gasteiger partial charge in [0.05, 0.1) is 19.9 Å². The third-order valence-electron chi connectivity index (χ3n) is 2.79. The Hall–Kier alpha value is -3.03. The minimum absolute atomic E-state index is 0.301. The predicted molar refractivity (Wildman–Crippen MR) is 72.7 cm³/mol. The Bertz CT molecular complexity index is 783. The van der Waals surface area contributed by atoms with Crippen LogP contribution in [0.5, 0.6) is 11.5 Å². The van der Waals surface area contributed by atoms with Crippen LogP contribution in [0.4, 0.5) is 0 Å². The molecule has 0 bridgehead atoms. The normalized spacial score (nSPS) is 10.2. The van der Waals surface area contributed by atoms with Crippen LogP contribution in [0.2, 0.25) is 0 Å². The summed E-state index contributed by atoms with van der Waals surface area (Å²) < 4.78 is 11.1. The Morgan fingerprint density at radius 1 is 1.14 bits per heavy atom. The minimum atomic E-state index is -1.43. The number of hydrogen-bond acceptors (Lipinski definition) is 5. The lowest BCUT2D eigenvalue weighted by atomic mass is 10.2. The molecule has 21 heavy (non-hydrogen) atoms. The predicted octanol–water partition coefficient (Wildman–Crippen LogP) is 0.241. The lowest BCUT2D eigenvalue weighted by molar-refractivity contribution is 0.0694. The van der Waals surface area contributed by atoms with E-state index < -0.39 is 22.8 Å². The fraction of sp³-hybridized carbons (Fsp3) is 0.154. The van der Waals surface area contributed by atoms with Gasteiger partial charge in [0.15, 0.2) is 0 Å². The fourth-order valence-electron chi connectivity index (χ4n) is 1.75. The number of methoxy groups -OCH3 is 2. The molecule has 0 amide bonds. The van der Waals surface area contributed by atoms with Crippen LogP contribution in [0.15, 0.2) is 34.0 Å². The zero-order valence-electron chi connectivity index (χ0n) is 11.2. The van der Waals surface area contributed by atoms with E-state index in [0.29, 0.717) is 17.2 Å². The first kappa shape index (κ1) is 14.4. The highest BCUT2D eigenvalue weighted by molar-refractivity contribution is 5.86. The summed E-state index contributed by atoms with van der Waals surface area (Å²) in [6.45, 7) is 0. The molecule has 1 heterocycles. The van der Waals surface area contributed by atoms with Gasteiger partial charge in [-0.2, -0.15) is 0 Å². The maximum atomic E-state index is 11.8. The first-order valence-electron chi connectivity index (χ1n) is 5.79. The second-order valence-electron chi connectivity index (χ2n) is 4.05. The van der Waals surface area contributed by atoms with Gasteiger partial charge in [0.2, 0.25) is 0 Å². The van der Waals surface area contributed by atoms with E-state index in [1.54, 1.807) is 6.07 Å². The highest BCUT2D eigenvalue weighted by Crippen LogP contribution is 2.24. The van der Waals surface area contributed by atoms with Crippen molar-refractivity contribution in [3.63, 3.8) is 0 Å². The monoisotopic (exact) mass is 292 g/mol. The van der Waals surface area contributed by atoms with Gasteiger partial charge in [0.1, 0.15) is 17.1 Å². The molecule has 0 atom stereocenters. The third-order valence-corrected chi connectivity index (χ3v) is 2.79. The molecular formula is C13H12N2O6. The maximum Gasteiger partial charge on any atom is 0.342 e. The van der Waals surface area contributed by atoms with Crippen LogP contribution in [0.3, 0.4) is 0 Å². The summed E-state index contributed by atoms with van der Waals surface area (Å²) in [4.78, 5) is 36.2. The number of nitrogens with zero attached hydrogens (tertiary/aromatic N) is 1. The summed E-state index contributed by atoms with van der Waals surface area (Å²) in [7, 11) is 2.88. The summed E-state index contributed by atoms with van der Waals surface area (Å²) in [5.74, 6) is -0.599. The summed E-state index contributed by atoms with van der Waals surface area (Å²) in [6, 6.07) is 4.61. The number of carboxylic acids is 1. The maximum absolute atomic E-state index is 11.8. The molecule has 0 spiro atoms. The van der Waals surface area contributed by atoms with Crippen molar-refractivity contribution >= 4 is 5.97 Å². The van der Waals surface area contributed by atoms with E-state index in [0.717, 1.165) is 10.8 Å². The highest BCUT2D eigenvalue weighted by Gasteiger charge is 2.13. The van der Waals surface area contributed by atoms with E-state index in [2.05, 4.69) is 0 Å². The van der Waals surface area contributed by atoms with E-state index in [1.807, 2.05) is 4.98 Å². The van der Waals surface area contributed by atoms with E-state index in [4.69, 9.17) is 14.6 Å². The van der Waals surface area contributed by atoms with Gasteiger partial charge in [0, 0.05) is 24.4 Å². The largest absolute Gasteiger partial charge is 0.497 e. The molecule has 0 unspecified atom stereocenters. The first-order chi connectivity index (χ1) is 9.96. The molecule has 0 radical (unpaired) electrons. The number of aromatic carboxylic acids is 1. The number of benzene rings is 1. The van der Waals surface area contributed by atoms with Crippen LogP contribution in [-0.2, 0) is 0 Å². The van der Waals surface area contributed by atoms with Gasteiger partial charge < -0.3 is 14.6 Å². The summed E-state index contributed by atoms with van der Waals surface area (Å²) in [5.41, 5.74) is -1.97. The third kappa shape index (κ3) is 2.78. The zero-order chi connectivity index (χ0) is 15.6. The average molecular weight is 292 g/mol. The van der Waals surface area contributed by atoms with Gasteiger partial charge in [-0.3, -0.25) is 14.3 Å². The number of hydrogen-bond donors (Lipinski definition) is 2. The average Bonchev–Trinajstić information content (AvgIpc) is 2.46. The van der Waals surface area contributed by atoms with Crippen LogP contribution in [0, 0.1) is 0 Å². The molecule has 0 aliphatic rings. The number of aromatic amines is 1. The topological polar surface area (TPSA) is 111 Å². The first-order valence-corrected chi connectivity index (χ1v) is 5.79. The SMILES string of the molecule is COc1cc(OC)cc(-n2cc(C(=O)O)c(=O)[nH]c2=O)c1. The second-order valence-corrected chi connectivity index (χ2v) is 4.05. The quantitative estimate of drug-likeness (QED) is 0.835. The van der Waals surface area contributed by atoms with Gasteiger partial charge >= 0.3 is 11.7 Å². The van der Waals surface area contributed by atoms with E-state index in [9.17, 15) is 14.4 Å². The number of carbonyl (C=O) groups is 1. The Labute approximate surface area is 118 Å². The van der Waals surface area contributed by atoms with E-state index >= 15 is 0 Å². The smallest absolute Gasteiger partial charge is 0.342 e. The zero-order valence-corrected chi connectivity index (χ0v) is 11.2. The van der Waals surface area contributed by atoms with E-state index in [-0.39, 0.29) is 0 Å². The molecule has 1 aromatic heterocycles. The van der Waals surface area contributed by atoms with Crippen molar-refractivity contribution in [2.45, 2.75) is 0 Å². The van der Waals surface area contributed by atoms with Gasteiger partial charge in [-0.15, -0.1) is 0 Å². The van der Waals surface area contributed by atoms with Crippen molar-refractivity contribution in [2.75, 3.05) is 14.2 Å². The van der Waals surface area contributed by atoms with Crippen LogP contribution in [-0.4, -0.2) is 34.8 Å². The lowest BCUT2D eigenvalue weighted by Crippen LogP contribution is -2.32. The number of rotatable bonds is 4. The molecule has 110 valence electrons. The lowest BCUT2D eigenvalue weighted by Gasteiger charge is -2.10. The molecule has 8 heteroatoms. The molecular weight excluding hydrogens is 280 g/mol. The molecule has 8 nitrogen and oxygen atoms in total. The molecule has 0 aliphatic heterocycles. The van der Waals surface area contributed by atoms with Crippen LogP contribution in [0.25, 0.3) is 5.69 Å². The van der Waals surface area contributed by atoms with Crippen LogP contribution in [0.1, 0.15) is 10.4 Å². The van der Waals surface area contributed by atoms with Crippen molar-refractivity contribution in [2.24, 2.45) is 0 Å². The van der Waals surface area contributed by atoms with Crippen molar-refractivity contribution in [1.29, 1.82) is 0 Å². The van der Waals surface area contributed by atoms with Gasteiger partial charge in [0.25, 0.3) is 5.56 Å². The van der Waals surface area contributed by atoms with Crippen LogP contribution >= 0.6 is 0 Å². The standard InChI is InChI=1S/C13H12N2O6/c1-20-8-3-7(4-9(5-8)21-2)15-6-10(12(17)18)11(16)14-13(15)19/h3-6H,1-2H3,(H,17,18)(H,14,16,19). The summed E-state index contributed by atoms with van der Waals surface area (Å²) in [5, 5.41) is 8.94. The molecule has 2 rings (SSSR count). The fourth-order valence-corrected chi connectivity index (χ4v) is 1.75. The molecule has 0 fully saturated rings.